The Morgan fingerprint density at radius 3 is 2.74 bits per heavy atom. The van der Waals surface area contributed by atoms with Crippen molar-refractivity contribution in [1.29, 1.82) is 0 Å². The van der Waals surface area contributed by atoms with E-state index in [9.17, 15) is 0 Å². The highest BCUT2D eigenvalue weighted by Gasteiger charge is 2.18. The van der Waals surface area contributed by atoms with E-state index in [-0.39, 0.29) is 0 Å². The minimum atomic E-state index is 0.571. The molecule has 0 fully saturated rings. The molecule has 0 unspecified atom stereocenters. The van der Waals surface area contributed by atoms with E-state index in [2.05, 4.69) is 42.3 Å². The van der Waals surface area contributed by atoms with E-state index in [0.29, 0.717) is 5.92 Å². The van der Waals surface area contributed by atoms with Gasteiger partial charge in [0, 0.05) is 12.2 Å². The third kappa shape index (κ3) is 2.16. The Kier molecular flexibility index (Phi) is 3.23. The molecule has 0 saturated heterocycles. The van der Waals surface area contributed by atoms with Gasteiger partial charge < -0.3 is 4.57 Å². The SMILES string of the molecule is Cc1c(C)n(CC(C)C)c2ncn3nc(-c4cccs4)nc3c12. The van der Waals surface area contributed by atoms with Crippen LogP contribution in [-0.4, -0.2) is 24.1 Å². The van der Waals surface area contributed by atoms with Gasteiger partial charge in [-0.05, 0) is 36.8 Å². The fourth-order valence-electron chi connectivity index (χ4n) is 3.03. The van der Waals surface area contributed by atoms with E-state index in [1.807, 2.05) is 17.5 Å². The molecule has 118 valence electrons. The van der Waals surface area contributed by atoms with Crippen LogP contribution in [0.15, 0.2) is 23.8 Å². The standard InChI is InChI=1S/C17H19N5S/c1-10(2)8-21-12(4)11(3)14-16(21)18-9-22-17(14)19-15(20-22)13-6-5-7-23-13/h5-7,9-10H,8H2,1-4H3. The average Bonchev–Trinajstić information content (AvgIpc) is 3.21. The van der Waals surface area contributed by atoms with Gasteiger partial charge in [-0.15, -0.1) is 16.4 Å². The molecule has 0 aromatic carbocycles. The van der Waals surface area contributed by atoms with E-state index in [1.165, 1.54) is 11.3 Å². The maximum atomic E-state index is 4.79. The zero-order valence-electron chi connectivity index (χ0n) is 13.7. The van der Waals surface area contributed by atoms with Gasteiger partial charge in [0.2, 0.25) is 0 Å². The predicted octanol–water partition coefficient (Wildman–Crippen LogP) is 4.08. The molecule has 4 rings (SSSR count). The van der Waals surface area contributed by atoms with Crippen molar-refractivity contribution in [2.75, 3.05) is 0 Å². The van der Waals surface area contributed by atoms with Crippen molar-refractivity contribution in [2.24, 2.45) is 5.92 Å². The molecule has 0 spiro atoms. The van der Waals surface area contributed by atoms with Gasteiger partial charge in [-0.3, -0.25) is 0 Å². The van der Waals surface area contributed by atoms with E-state index in [4.69, 9.17) is 4.98 Å². The Morgan fingerprint density at radius 2 is 2.04 bits per heavy atom. The summed E-state index contributed by atoms with van der Waals surface area (Å²) < 4.78 is 4.10. The molecule has 23 heavy (non-hydrogen) atoms. The lowest BCUT2D eigenvalue weighted by molar-refractivity contribution is 0.524. The van der Waals surface area contributed by atoms with Gasteiger partial charge in [0.1, 0.15) is 12.0 Å². The number of fused-ring (bicyclic) bond motifs is 3. The van der Waals surface area contributed by atoms with Crippen LogP contribution in [0.2, 0.25) is 0 Å². The first-order valence-electron chi connectivity index (χ1n) is 7.81. The van der Waals surface area contributed by atoms with Crippen molar-refractivity contribution in [3.63, 3.8) is 0 Å². The molecule has 5 nitrogen and oxygen atoms in total. The van der Waals surface area contributed by atoms with E-state index < -0.39 is 0 Å². The molecular weight excluding hydrogens is 306 g/mol. The highest BCUT2D eigenvalue weighted by molar-refractivity contribution is 7.13. The summed E-state index contributed by atoms with van der Waals surface area (Å²) in [6.07, 6.45) is 1.78. The number of thiophene rings is 1. The number of aryl methyl sites for hydroxylation is 1. The topological polar surface area (TPSA) is 48.0 Å². The maximum absolute atomic E-state index is 4.79. The Morgan fingerprint density at radius 1 is 1.22 bits per heavy atom. The molecule has 4 aromatic rings. The van der Waals surface area contributed by atoms with Crippen molar-refractivity contribution < 1.29 is 0 Å². The molecule has 0 aliphatic rings. The van der Waals surface area contributed by atoms with Crippen LogP contribution in [0.5, 0.6) is 0 Å². The molecule has 0 saturated carbocycles. The van der Waals surface area contributed by atoms with Gasteiger partial charge in [0.05, 0.1) is 10.3 Å². The van der Waals surface area contributed by atoms with E-state index in [0.717, 1.165) is 33.9 Å². The van der Waals surface area contributed by atoms with Gasteiger partial charge >= 0.3 is 0 Å². The van der Waals surface area contributed by atoms with Crippen molar-refractivity contribution in [3.8, 4) is 10.7 Å². The number of rotatable bonds is 3. The predicted molar refractivity (Wildman–Crippen MR) is 93.9 cm³/mol. The molecule has 0 bridgehead atoms. The van der Waals surface area contributed by atoms with Crippen LogP contribution in [0.4, 0.5) is 0 Å². The number of hydrogen-bond donors (Lipinski definition) is 0. The maximum Gasteiger partial charge on any atom is 0.192 e. The first-order chi connectivity index (χ1) is 11.1. The van der Waals surface area contributed by atoms with Crippen LogP contribution >= 0.6 is 11.3 Å². The van der Waals surface area contributed by atoms with Gasteiger partial charge in [-0.1, -0.05) is 19.9 Å². The van der Waals surface area contributed by atoms with E-state index >= 15 is 0 Å². The highest BCUT2D eigenvalue weighted by atomic mass is 32.1. The zero-order chi connectivity index (χ0) is 16.1. The van der Waals surface area contributed by atoms with Gasteiger partial charge in [0.15, 0.2) is 11.5 Å². The summed E-state index contributed by atoms with van der Waals surface area (Å²) in [6.45, 7) is 9.73. The Bertz CT molecular complexity index is 991. The minimum absolute atomic E-state index is 0.571. The van der Waals surface area contributed by atoms with Crippen LogP contribution in [-0.2, 0) is 6.54 Å². The van der Waals surface area contributed by atoms with Crippen molar-refractivity contribution >= 4 is 28.0 Å². The Labute approximate surface area is 138 Å². The molecule has 0 aliphatic carbocycles. The zero-order valence-corrected chi connectivity index (χ0v) is 14.6. The van der Waals surface area contributed by atoms with Crippen LogP contribution in [0.25, 0.3) is 27.4 Å². The van der Waals surface area contributed by atoms with Crippen LogP contribution in [0.1, 0.15) is 25.1 Å². The molecule has 0 atom stereocenters. The summed E-state index contributed by atoms with van der Waals surface area (Å²) in [5.41, 5.74) is 4.40. The molecule has 0 aliphatic heterocycles. The Hall–Kier alpha value is -2.21. The Balaban J connectivity index is 2.01. The number of aromatic nitrogens is 5. The molecule has 6 heteroatoms. The molecule has 0 radical (unpaired) electrons. The van der Waals surface area contributed by atoms with Crippen molar-refractivity contribution in [1.82, 2.24) is 24.1 Å². The van der Waals surface area contributed by atoms with Gasteiger partial charge in [-0.25, -0.2) is 14.5 Å². The van der Waals surface area contributed by atoms with E-state index in [1.54, 1.807) is 22.2 Å². The summed E-state index contributed by atoms with van der Waals surface area (Å²) >= 11 is 1.65. The first-order valence-corrected chi connectivity index (χ1v) is 8.69. The molecule has 0 amide bonds. The summed E-state index contributed by atoms with van der Waals surface area (Å²) in [5, 5.41) is 7.75. The molecule has 0 N–H and O–H groups in total. The summed E-state index contributed by atoms with van der Waals surface area (Å²) in [4.78, 5) is 10.5. The number of hydrogen-bond acceptors (Lipinski definition) is 4. The lowest BCUT2D eigenvalue weighted by Gasteiger charge is -2.10. The summed E-state index contributed by atoms with van der Waals surface area (Å²) in [7, 11) is 0. The normalized spacial score (nSPS) is 12.0. The highest BCUT2D eigenvalue weighted by Crippen LogP contribution is 2.29. The average molecular weight is 325 g/mol. The molecular formula is C17H19N5S. The quantitative estimate of drug-likeness (QED) is 0.570. The van der Waals surface area contributed by atoms with Crippen molar-refractivity contribution in [2.45, 2.75) is 34.2 Å². The second-order valence-corrected chi connectivity index (χ2v) is 7.29. The van der Waals surface area contributed by atoms with Crippen LogP contribution in [0.3, 0.4) is 0 Å². The molecule has 4 heterocycles. The van der Waals surface area contributed by atoms with Crippen molar-refractivity contribution in [3.05, 3.63) is 35.1 Å². The second kappa shape index (κ2) is 5.16. The van der Waals surface area contributed by atoms with Crippen LogP contribution in [0, 0.1) is 19.8 Å². The molecule has 4 aromatic heterocycles. The van der Waals surface area contributed by atoms with Gasteiger partial charge in [0.25, 0.3) is 0 Å². The third-order valence-corrected chi connectivity index (χ3v) is 5.10. The third-order valence-electron chi connectivity index (χ3n) is 4.24. The fourth-order valence-corrected chi connectivity index (χ4v) is 3.68. The summed E-state index contributed by atoms with van der Waals surface area (Å²) in [6, 6.07) is 4.07. The minimum Gasteiger partial charge on any atom is -0.329 e. The number of nitrogens with zero attached hydrogens (tertiary/aromatic N) is 5. The largest absolute Gasteiger partial charge is 0.329 e. The summed E-state index contributed by atoms with van der Waals surface area (Å²) in [5.74, 6) is 1.34. The lowest BCUT2D eigenvalue weighted by Crippen LogP contribution is -2.07. The smallest absolute Gasteiger partial charge is 0.192 e. The first kappa shape index (κ1) is 14.4. The fraction of sp³-hybridized carbons (Fsp3) is 0.353. The van der Waals surface area contributed by atoms with Gasteiger partial charge in [-0.2, -0.15) is 0 Å². The second-order valence-electron chi connectivity index (χ2n) is 6.34. The lowest BCUT2D eigenvalue weighted by atomic mass is 10.2. The monoisotopic (exact) mass is 325 g/mol. The van der Waals surface area contributed by atoms with Crippen LogP contribution < -0.4 is 0 Å².